The summed E-state index contributed by atoms with van der Waals surface area (Å²) in [5.41, 5.74) is 1.96. The third-order valence-corrected chi connectivity index (χ3v) is 1.54. The Kier molecular flexibility index (Phi) is 3.96. The molecule has 0 aliphatic heterocycles. The summed E-state index contributed by atoms with van der Waals surface area (Å²) >= 11 is 5.01. The van der Waals surface area contributed by atoms with Gasteiger partial charge in [0.2, 0.25) is 0 Å². The second-order valence-electron chi connectivity index (χ2n) is 2.21. The van der Waals surface area contributed by atoms with Crippen molar-refractivity contribution in [2.45, 2.75) is 20.8 Å². The topological polar surface area (TPSA) is 12.0 Å². The number of hydrogen-bond donors (Lipinski definition) is 1. The van der Waals surface area contributed by atoms with Crippen LogP contribution in [0.25, 0.3) is 0 Å². The summed E-state index contributed by atoms with van der Waals surface area (Å²) in [6.07, 6.45) is 1.97. The summed E-state index contributed by atoms with van der Waals surface area (Å²) in [5, 5.41) is 2.96. The molecule has 10 heavy (non-hydrogen) atoms. The molecule has 1 N–H and O–H groups in total. The largest absolute Gasteiger partial charge is 0.351 e. The van der Waals surface area contributed by atoms with Crippen molar-refractivity contribution in [2.75, 3.05) is 0 Å². The predicted octanol–water partition coefficient (Wildman–Crippen LogP) is 2.40. The first-order chi connectivity index (χ1) is 4.57. The third-order valence-electron chi connectivity index (χ3n) is 1.12. The normalized spacial score (nSPS) is 10.9. The van der Waals surface area contributed by atoms with E-state index in [1.165, 1.54) is 0 Å². The monoisotopic (exact) mass is 155 g/mol. The van der Waals surface area contributed by atoms with Crippen molar-refractivity contribution in [3.05, 3.63) is 23.9 Å². The van der Waals surface area contributed by atoms with Crippen molar-refractivity contribution >= 4 is 17.2 Å². The first-order valence-corrected chi connectivity index (χ1v) is 3.58. The molecule has 0 atom stereocenters. The zero-order valence-electron chi connectivity index (χ0n) is 6.69. The number of nitrogens with one attached hydrogen (secondary N) is 1. The highest BCUT2D eigenvalue weighted by atomic mass is 32.1. The Morgan fingerprint density at radius 3 is 2.30 bits per heavy atom. The van der Waals surface area contributed by atoms with Crippen LogP contribution in [-0.2, 0) is 0 Å². The van der Waals surface area contributed by atoms with Gasteiger partial charge in [0.25, 0.3) is 0 Å². The van der Waals surface area contributed by atoms with Crippen molar-refractivity contribution in [2.24, 2.45) is 0 Å². The first kappa shape index (κ1) is 9.37. The van der Waals surface area contributed by atoms with E-state index in [1.54, 1.807) is 0 Å². The van der Waals surface area contributed by atoms with Gasteiger partial charge in [-0.3, -0.25) is 0 Å². The summed E-state index contributed by atoms with van der Waals surface area (Å²) in [6, 6.07) is 0. The van der Waals surface area contributed by atoms with E-state index >= 15 is 0 Å². The lowest BCUT2D eigenvalue weighted by molar-refractivity contribution is 1.14. The van der Waals surface area contributed by atoms with Crippen LogP contribution in [0.1, 0.15) is 20.8 Å². The molecule has 1 nitrogen and oxygen atoms in total. The highest BCUT2D eigenvalue weighted by Gasteiger charge is 1.94. The van der Waals surface area contributed by atoms with Gasteiger partial charge in [0.1, 0.15) is 4.99 Å². The molecular weight excluding hydrogens is 142 g/mol. The van der Waals surface area contributed by atoms with Crippen molar-refractivity contribution in [3.8, 4) is 0 Å². The number of hydrogen-bond acceptors (Lipinski definition) is 1. The lowest BCUT2D eigenvalue weighted by Crippen LogP contribution is -2.19. The molecule has 0 aromatic carbocycles. The molecule has 0 rings (SSSR count). The molecule has 0 radical (unpaired) electrons. The zero-order valence-corrected chi connectivity index (χ0v) is 7.51. The average Bonchev–Trinajstić information content (AvgIpc) is 1.85. The van der Waals surface area contributed by atoms with Gasteiger partial charge in [-0.1, -0.05) is 24.9 Å². The Morgan fingerprint density at radius 1 is 1.50 bits per heavy atom. The smallest absolute Gasteiger partial charge is 0.106 e. The van der Waals surface area contributed by atoms with Gasteiger partial charge in [0.05, 0.1) is 0 Å². The van der Waals surface area contributed by atoms with Crippen molar-refractivity contribution in [1.29, 1.82) is 0 Å². The molecule has 0 saturated heterocycles. The average molecular weight is 155 g/mol. The van der Waals surface area contributed by atoms with Crippen LogP contribution >= 0.6 is 12.2 Å². The Morgan fingerprint density at radius 2 is 2.00 bits per heavy atom. The minimum absolute atomic E-state index is 0.759. The van der Waals surface area contributed by atoms with Gasteiger partial charge in [-0.25, -0.2) is 0 Å². The second-order valence-corrected chi connectivity index (χ2v) is 2.61. The van der Waals surface area contributed by atoms with E-state index in [2.05, 4.69) is 11.9 Å². The quantitative estimate of drug-likeness (QED) is 0.485. The molecule has 2 heteroatoms. The van der Waals surface area contributed by atoms with E-state index in [9.17, 15) is 0 Å². The predicted molar refractivity (Wildman–Crippen MR) is 50.0 cm³/mol. The molecular formula is C8H13NS. The standard InChI is InChI=1S/C8H13NS/c1-5-7(4)8(10)9-6(2)3/h5H,2H2,1,3-4H3,(H,9,10)/b7-5-. The highest BCUT2D eigenvalue weighted by Crippen LogP contribution is 1.95. The van der Waals surface area contributed by atoms with E-state index < -0.39 is 0 Å². The maximum absolute atomic E-state index is 5.01. The SMILES string of the molecule is C=C(C)NC(=S)/C(C)=C\C. The fourth-order valence-electron chi connectivity index (χ4n) is 0.423. The number of allylic oxidation sites excluding steroid dienone is 2. The summed E-state index contributed by atoms with van der Waals surface area (Å²) in [7, 11) is 0. The third kappa shape index (κ3) is 3.41. The van der Waals surface area contributed by atoms with Gasteiger partial charge in [0, 0.05) is 5.70 Å². The Hall–Kier alpha value is -0.630. The first-order valence-electron chi connectivity index (χ1n) is 3.17. The van der Waals surface area contributed by atoms with Gasteiger partial charge in [-0.05, 0) is 26.3 Å². The van der Waals surface area contributed by atoms with Gasteiger partial charge in [-0.15, -0.1) is 0 Å². The molecule has 0 fully saturated rings. The zero-order chi connectivity index (χ0) is 8.15. The Balaban J connectivity index is 3.99. The molecule has 0 aliphatic carbocycles. The Bertz CT molecular complexity index is 180. The molecule has 0 aliphatic rings. The van der Waals surface area contributed by atoms with E-state index in [0.717, 1.165) is 16.3 Å². The summed E-state index contributed by atoms with van der Waals surface area (Å²) in [5.74, 6) is 0. The van der Waals surface area contributed by atoms with E-state index in [0.29, 0.717) is 0 Å². The van der Waals surface area contributed by atoms with Crippen LogP contribution in [0.2, 0.25) is 0 Å². The van der Waals surface area contributed by atoms with E-state index in [1.807, 2.05) is 26.8 Å². The molecule has 0 bridgehead atoms. The van der Waals surface area contributed by atoms with E-state index in [4.69, 9.17) is 12.2 Å². The molecule has 0 unspecified atom stereocenters. The highest BCUT2D eigenvalue weighted by molar-refractivity contribution is 7.80. The second kappa shape index (κ2) is 4.23. The molecule has 56 valence electrons. The maximum atomic E-state index is 5.01. The fourth-order valence-corrected chi connectivity index (χ4v) is 0.716. The fraction of sp³-hybridized carbons (Fsp3) is 0.375. The molecule has 0 saturated carbocycles. The molecule has 0 spiro atoms. The van der Waals surface area contributed by atoms with Crippen LogP contribution in [-0.4, -0.2) is 4.99 Å². The van der Waals surface area contributed by atoms with Crippen LogP contribution in [0.5, 0.6) is 0 Å². The lowest BCUT2D eigenvalue weighted by Gasteiger charge is -2.05. The van der Waals surface area contributed by atoms with Crippen LogP contribution < -0.4 is 5.32 Å². The molecule has 0 aromatic heterocycles. The summed E-state index contributed by atoms with van der Waals surface area (Å²) in [6.45, 7) is 9.50. The van der Waals surface area contributed by atoms with Gasteiger partial charge in [-0.2, -0.15) is 0 Å². The summed E-state index contributed by atoms with van der Waals surface area (Å²) < 4.78 is 0. The van der Waals surface area contributed by atoms with Crippen molar-refractivity contribution in [3.63, 3.8) is 0 Å². The Labute approximate surface area is 67.8 Å². The van der Waals surface area contributed by atoms with Gasteiger partial charge < -0.3 is 5.32 Å². The van der Waals surface area contributed by atoms with Gasteiger partial charge in [0.15, 0.2) is 0 Å². The van der Waals surface area contributed by atoms with Crippen LogP contribution in [0.3, 0.4) is 0 Å². The number of thiocarbonyl (C=S) groups is 1. The summed E-state index contributed by atoms with van der Waals surface area (Å²) in [4.78, 5) is 0.759. The number of rotatable bonds is 2. The maximum Gasteiger partial charge on any atom is 0.106 e. The van der Waals surface area contributed by atoms with Gasteiger partial charge >= 0.3 is 0 Å². The lowest BCUT2D eigenvalue weighted by atomic mass is 10.3. The minimum atomic E-state index is 0.759. The van der Waals surface area contributed by atoms with Crippen LogP contribution in [0, 0.1) is 0 Å². The minimum Gasteiger partial charge on any atom is -0.351 e. The van der Waals surface area contributed by atoms with Crippen LogP contribution in [0.4, 0.5) is 0 Å². The molecule has 0 amide bonds. The van der Waals surface area contributed by atoms with Crippen molar-refractivity contribution in [1.82, 2.24) is 5.32 Å². The van der Waals surface area contributed by atoms with E-state index in [-0.39, 0.29) is 0 Å². The molecule has 0 aromatic rings. The van der Waals surface area contributed by atoms with Crippen LogP contribution in [0.15, 0.2) is 23.9 Å². The van der Waals surface area contributed by atoms with Crippen molar-refractivity contribution < 1.29 is 0 Å². The molecule has 0 heterocycles.